The molecule has 0 spiro atoms. The van der Waals surface area contributed by atoms with Crippen molar-refractivity contribution in [2.45, 2.75) is 17.9 Å². The van der Waals surface area contributed by atoms with E-state index in [4.69, 9.17) is 0 Å². The minimum Gasteiger partial charge on any atom is -0.323 e. The molecule has 0 aliphatic rings. The van der Waals surface area contributed by atoms with Crippen molar-refractivity contribution in [3.8, 4) is 5.69 Å². The maximum Gasteiger partial charge on any atom is 0.416 e. The number of carbonyl (C=O) groups is 1. The lowest BCUT2D eigenvalue weighted by atomic mass is 10.1. The van der Waals surface area contributed by atoms with E-state index < -0.39 is 17.6 Å². The van der Waals surface area contributed by atoms with Crippen LogP contribution in [-0.2, 0) is 17.5 Å². The summed E-state index contributed by atoms with van der Waals surface area (Å²) < 4.78 is 42.3. The number of nitrogens with zero attached hydrogens (tertiary/aromatic N) is 5. The maximum atomic E-state index is 13.2. The van der Waals surface area contributed by atoms with Crippen LogP contribution >= 0.6 is 23.1 Å². The summed E-state index contributed by atoms with van der Waals surface area (Å²) in [4.78, 5) is 34.1. The molecule has 0 unspecified atom stereocenters. The number of benzene rings is 1. The Bertz CT molecular complexity index is 1380. The fraction of sp³-hybridized carbons (Fsp3) is 0.150. The number of hydrogen-bond acceptors (Lipinski definition) is 7. The quantitative estimate of drug-likeness (QED) is 0.238. The Labute approximate surface area is 192 Å². The highest BCUT2D eigenvalue weighted by molar-refractivity contribution is 7.99. The van der Waals surface area contributed by atoms with E-state index in [9.17, 15) is 22.8 Å². The van der Waals surface area contributed by atoms with Crippen LogP contribution < -0.4 is 10.9 Å². The van der Waals surface area contributed by atoms with Gasteiger partial charge in [0, 0.05) is 6.54 Å². The molecular formula is C20H15F3N6O2S2. The summed E-state index contributed by atoms with van der Waals surface area (Å²) in [6.07, 6.45) is -0.514. The van der Waals surface area contributed by atoms with Gasteiger partial charge in [-0.05, 0) is 29.6 Å². The molecule has 13 heteroatoms. The van der Waals surface area contributed by atoms with Crippen LogP contribution in [-0.4, -0.2) is 36.0 Å². The smallest absolute Gasteiger partial charge is 0.323 e. The van der Waals surface area contributed by atoms with Crippen LogP contribution in [0.2, 0.25) is 0 Å². The average molecular weight is 493 g/mol. The highest BCUT2D eigenvalue weighted by atomic mass is 32.2. The van der Waals surface area contributed by atoms with Crippen LogP contribution in [0.15, 0.2) is 64.9 Å². The number of halogens is 3. The van der Waals surface area contributed by atoms with Crippen LogP contribution in [0, 0.1) is 0 Å². The highest BCUT2D eigenvalue weighted by Gasteiger charge is 2.31. The zero-order valence-electron chi connectivity index (χ0n) is 16.7. The lowest BCUT2D eigenvalue weighted by molar-refractivity contribution is -0.137. The second-order valence-electron chi connectivity index (χ2n) is 6.64. The van der Waals surface area contributed by atoms with Crippen LogP contribution in [0.25, 0.3) is 15.9 Å². The summed E-state index contributed by atoms with van der Waals surface area (Å²) in [5, 5.41) is 8.94. The molecule has 0 aliphatic heterocycles. The number of alkyl halides is 3. The summed E-state index contributed by atoms with van der Waals surface area (Å²) in [5.74, 6) is -0.764. The molecular weight excluding hydrogens is 477 g/mol. The minimum absolute atomic E-state index is 0.0777. The van der Waals surface area contributed by atoms with E-state index >= 15 is 0 Å². The molecule has 1 N–H and O–H groups in total. The number of carbonyl (C=O) groups excluding carboxylic acids is 1. The SMILES string of the molecule is C=CCn1c(SCC(=O)Nc2cc(C(F)(F)F)ccc2-n2cncn2)nc2sccc2c1=O. The van der Waals surface area contributed by atoms with Gasteiger partial charge in [0.2, 0.25) is 5.91 Å². The highest BCUT2D eigenvalue weighted by Crippen LogP contribution is 2.33. The topological polar surface area (TPSA) is 94.7 Å². The molecule has 4 aromatic rings. The largest absolute Gasteiger partial charge is 0.416 e. The summed E-state index contributed by atoms with van der Waals surface area (Å²) in [5.41, 5.74) is -1.03. The zero-order valence-corrected chi connectivity index (χ0v) is 18.4. The van der Waals surface area contributed by atoms with Gasteiger partial charge in [0.05, 0.1) is 28.1 Å². The Morgan fingerprint density at radius 2 is 2.12 bits per heavy atom. The van der Waals surface area contributed by atoms with E-state index in [1.54, 1.807) is 17.5 Å². The first-order chi connectivity index (χ1) is 15.8. The van der Waals surface area contributed by atoms with Crippen LogP contribution in [0.4, 0.5) is 18.9 Å². The van der Waals surface area contributed by atoms with Crippen molar-refractivity contribution < 1.29 is 18.0 Å². The van der Waals surface area contributed by atoms with Crippen molar-refractivity contribution in [1.82, 2.24) is 24.3 Å². The molecule has 4 rings (SSSR count). The number of thioether (sulfide) groups is 1. The third-order valence-corrected chi connectivity index (χ3v) is 6.24. The van der Waals surface area contributed by atoms with E-state index in [1.807, 2.05) is 0 Å². The minimum atomic E-state index is -4.59. The molecule has 0 atom stereocenters. The number of rotatable bonds is 7. The second-order valence-corrected chi connectivity index (χ2v) is 8.48. The zero-order chi connectivity index (χ0) is 23.6. The molecule has 0 fully saturated rings. The number of aromatic nitrogens is 5. The van der Waals surface area contributed by atoms with Gasteiger partial charge in [0.15, 0.2) is 5.16 Å². The first-order valence-corrected chi connectivity index (χ1v) is 11.2. The molecule has 33 heavy (non-hydrogen) atoms. The van der Waals surface area contributed by atoms with Crippen molar-refractivity contribution in [3.05, 3.63) is 70.9 Å². The van der Waals surface area contributed by atoms with Crippen molar-refractivity contribution in [2.75, 3.05) is 11.1 Å². The Morgan fingerprint density at radius 1 is 1.30 bits per heavy atom. The number of hydrogen-bond donors (Lipinski definition) is 1. The summed E-state index contributed by atoms with van der Waals surface area (Å²) >= 11 is 2.30. The van der Waals surface area contributed by atoms with Crippen LogP contribution in [0.3, 0.4) is 0 Å². The van der Waals surface area contributed by atoms with Gasteiger partial charge in [-0.2, -0.15) is 18.3 Å². The molecule has 170 valence electrons. The standard InChI is InChI=1S/C20H15F3N6O2S2/c1-2-6-28-18(31)13-5-7-32-17(13)27-19(28)33-9-16(30)26-14-8-12(20(21,22)23)3-4-15(14)29-11-24-10-25-29/h2-5,7-8,10-11H,1,6,9H2,(H,26,30). The molecule has 0 aliphatic carbocycles. The number of amides is 1. The monoisotopic (exact) mass is 492 g/mol. The van der Waals surface area contributed by atoms with Crippen molar-refractivity contribution in [1.29, 1.82) is 0 Å². The number of fused-ring (bicyclic) bond motifs is 1. The fourth-order valence-electron chi connectivity index (χ4n) is 2.99. The van der Waals surface area contributed by atoms with Gasteiger partial charge in [-0.1, -0.05) is 17.8 Å². The maximum absolute atomic E-state index is 13.2. The van der Waals surface area contributed by atoms with E-state index in [1.165, 1.54) is 39.3 Å². The first kappa shape index (κ1) is 22.7. The summed E-state index contributed by atoms with van der Waals surface area (Å²) in [7, 11) is 0. The average Bonchev–Trinajstić information content (AvgIpc) is 3.46. The second kappa shape index (κ2) is 9.19. The fourth-order valence-corrected chi connectivity index (χ4v) is 4.61. The Balaban J connectivity index is 1.59. The number of anilines is 1. The molecule has 8 nitrogen and oxygen atoms in total. The Morgan fingerprint density at radius 3 is 2.82 bits per heavy atom. The summed E-state index contributed by atoms with van der Waals surface area (Å²) in [6.45, 7) is 3.84. The predicted molar refractivity (Wildman–Crippen MR) is 120 cm³/mol. The lowest BCUT2D eigenvalue weighted by Gasteiger charge is -2.15. The van der Waals surface area contributed by atoms with Crippen LogP contribution in [0.1, 0.15) is 5.56 Å². The molecule has 1 amide bonds. The molecule has 3 heterocycles. The molecule has 0 radical (unpaired) electrons. The molecule has 0 saturated carbocycles. The van der Waals surface area contributed by atoms with Gasteiger partial charge < -0.3 is 5.32 Å². The van der Waals surface area contributed by atoms with Gasteiger partial charge in [-0.25, -0.2) is 14.6 Å². The van der Waals surface area contributed by atoms with E-state index in [0.717, 1.165) is 23.9 Å². The normalized spacial score (nSPS) is 11.6. The third kappa shape index (κ3) is 4.83. The van der Waals surface area contributed by atoms with Crippen molar-refractivity contribution in [2.24, 2.45) is 0 Å². The van der Waals surface area contributed by atoms with Gasteiger partial charge in [-0.15, -0.1) is 17.9 Å². The first-order valence-electron chi connectivity index (χ1n) is 9.35. The van der Waals surface area contributed by atoms with Gasteiger partial charge >= 0.3 is 6.18 Å². The molecule has 0 bridgehead atoms. The van der Waals surface area contributed by atoms with E-state index in [0.29, 0.717) is 15.4 Å². The third-order valence-electron chi connectivity index (χ3n) is 4.46. The summed E-state index contributed by atoms with van der Waals surface area (Å²) in [6, 6.07) is 4.61. The van der Waals surface area contributed by atoms with E-state index in [-0.39, 0.29) is 29.2 Å². The molecule has 3 aromatic heterocycles. The van der Waals surface area contributed by atoms with Gasteiger partial charge in [0.25, 0.3) is 5.56 Å². The van der Waals surface area contributed by atoms with Crippen molar-refractivity contribution >= 4 is 44.9 Å². The van der Waals surface area contributed by atoms with Gasteiger partial charge in [-0.3, -0.25) is 14.2 Å². The van der Waals surface area contributed by atoms with Crippen molar-refractivity contribution in [3.63, 3.8) is 0 Å². The number of allylic oxidation sites excluding steroid dienone is 1. The Kier molecular flexibility index (Phi) is 6.33. The molecule has 0 saturated heterocycles. The van der Waals surface area contributed by atoms with Crippen LogP contribution in [0.5, 0.6) is 0 Å². The number of nitrogens with one attached hydrogen (secondary N) is 1. The van der Waals surface area contributed by atoms with E-state index in [2.05, 4.69) is 27.0 Å². The predicted octanol–water partition coefficient (Wildman–Crippen LogP) is 3.97. The lowest BCUT2D eigenvalue weighted by Crippen LogP contribution is -2.23. The Hall–Kier alpha value is -3.45. The number of thiophene rings is 1. The molecule has 1 aromatic carbocycles. The van der Waals surface area contributed by atoms with Gasteiger partial charge in [0.1, 0.15) is 17.5 Å².